The van der Waals surface area contributed by atoms with E-state index in [1.807, 2.05) is 13.0 Å². The zero-order valence-corrected chi connectivity index (χ0v) is 16.0. The standard InChI is InChI=1S/C20H22N4O4/c1-3-27-20(26)14-10-15-18(24(16(14)21)11-13-7-5-9-28-13)22-17-12(2)6-4-8-23(17)19(15)25/h4,6,8,10,13,21H,3,5,7,9,11H2,1-2H3/p+1/t13-/m1/s1. The third-order valence-corrected chi connectivity index (χ3v) is 5.08. The van der Waals surface area contributed by atoms with Crippen LogP contribution in [0.1, 0.15) is 35.7 Å². The second kappa shape index (κ2) is 7.20. The molecular formula is C20H23N4O4+. The van der Waals surface area contributed by atoms with Gasteiger partial charge in [0.1, 0.15) is 10.9 Å². The highest BCUT2D eigenvalue weighted by atomic mass is 16.5. The quantitative estimate of drug-likeness (QED) is 0.415. The Bertz CT molecular complexity index is 1130. The molecular weight excluding hydrogens is 360 g/mol. The molecule has 28 heavy (non-hydrogen) atoms. The van der Waals surface area contributed by atoms with Gasteiger partial charge in [0.05, 0.1) is 19.3 Å². The van der Waals surface area contributed by atoms with E-state index in [1.165, 1.54) is 10.5 Å². The molecule has 1 fully saturated rings. The van der Waals surface area contributed by atoms with Crippen molar-refractivity contribution in [1.82, 2.24) is 9.38 Å². The number of nitrogen functional groups attached to an aromatic ring is 1. The third kappa shape index (κ3) is 2.99. The molecule has 0 spiro atoms. The first-order valence-corrected chi connectivity index (χ1v) is 9.44. The fourth-order valence-corrected chi connectivity index (χ4v) is 3.66. The van der Waals surface area contributed by atoms with Gasteiger partial charge >= 0.3 is 5.97 Å². The Morgan fingerprint density at radius 1 is 1.50 bits per heavy atom. The zero-order chi connectivity index (χ0) is 19.8. The summed E-state index contributed by atoms with van der Waals surface area (Å²) < 4.78 is 14.1. The van der Waals surface area contributed by atoms with Gasteiger partial charge in [-0.25, -0.2) is 9.36 Å². The highest BCUT2D eigenvalue weighted by Crippen LogP contribution is 2.19. The summed E-state index contributed by atoms with van der Waals surface area (Å²) in [6.45, 7) is 4.95. The lowest BCUT2D eigenvalue weighted by molar-refractivity contribution is -0.666. The minimum Gasteiger partial charge on any atom is -0.462 e. The van der Waals surface area contributed by atoms with Crippen LogP contribution in [0.25, 0.3) is 16.7 Å². The predicted molar refractivity (Wildman–Crippen MR) is 103 cm³/mol. The molecule has 8 nitrogen and oxygen atoms in total. The average Bonchev–Trinajstić information content (AvgIpc) is 3.18. The molecule has 1 saturated heterocycles. The highest BCUT2D eigenvalue weighted by Gasteiger charge is 2.28. The van der Waals surface area contributed by atoms with Gasteiger partial charge < -0.3 is 15.2 Å². The number of carbonyl (C=O) groups is 1. The van der Waals surface area contributed by atoms with Crippen LogP contribution < -0.4 is 15.9 Å². The number of nitrogens with zero attached hydrogens (tertiary/aromatic N) is 3. The first-order valence-electron chi connectivity index (χ1n) is 9.44. The van der Waals surface area contributed by atoms with Crippen LogP contribution in [0.2, 0.25) is 0 Å². The van der Waals surface area contributed by atoms with Crippen LogP contribution in [0.5, 0.6) is 0 Å². The van der Waals surface area contributed by atoms with E-state index in [0.29, 0.717) is 29.8 Å². The maximum Gasteiger partial charge on any atom is 0.344 e. The second-order valence-corrected chi connectivity index (χ2v) is 6.95. The van der Waals surface area contributed by atoms with Crippen LogP contribution in [0.15, 0.2) is 29.2 Å². The van der Waals surface area contributed by atoms with Gasteiger partial charge in [0, 0.05) is 18.4 Å². The number of hydrogen-bond donors (Lipinski definition) is 1. The summed E-state index contributed by atoms with van der Waals surface area (Å²) in [6.07, 6.45) is 3.49. The van der Waals surface area contributed by atoms with Crippen molar-refractivity contribution in [2.24, 2.45) is 0 Å². The van der Waals surface area contributed by atoms with Crippen LogP contribution >= 0.6 is 0 Å². The second-order valence-electron chi connectivity index (χ2n) is 6.95. The van der Waals surface area contributed by atoms with E-state index in [2.05, 4.69) is 0 Å². The van der Waals surface area contributed by atoms with Crippen molar-refractivity contribution < 1.29 is 18.8 Å². The number of hydrogen-bond acceptors (Lipinski definition) is 6. The zero-order valence-electron chi connectivity index (χ0n) is 16.0. The number of fused-ring (bicyclic) bond motifs is 2. The van der Waals surface area contributed by atoms with Gasteiger partial charge in [0.15, 0.2) is 0 Å². The molecule has 0 radical (unpaired) electrons. The van der Waals surface area contributed by atoms with E-state index in [9.17, 15) is 9.59 Å². The molecule has 4 heterocycles. The molecule has 0 unspecified atom stereocenters. The molecule has 3 aromatic rings. The van der Waals surface area contributed by atoms with Crippen molar-refractivity contribution >= 4 is 28.5 Å². The normalized spacial score (nSPS) is 16.7. The monoisotopic (exact) mass is 383 g/mol. The van der Waals surface area contributed by atoms with Crippen LogP contribution in [-0.4, -0.2) is 34.7 Å². The van der Waals surface area contributed by atoms with Crippen molar-refractivity contribution in [2.75, 3.05) is 18.9 Å². The number of anilines is 1. The van der Waals surface area contributed by atoms with Gasteiger partial charge in [-0.05, 0) is 38.8 Å². The number of rotatable bonds is 4. The van der Waals surface area contributed by atoms with E-state index < -0.39 is 5.97 Å². The summed E-state index contributed by atoms with van der Waals surface area (Å²) in [6, 6.07) is 5.17. The third-order valence-electron chi connectivity index (χ3n) is 5.08. The first-order chi connectivity index (χ1) is 13.5. The van der Waals surface area contributed by atoms with Crippen molar-refractivity contribution in [2.45, 2.75) is 39.3 Å². The summed E-state index contributed by atoms with van der Waals surface area (Å²) in [7, 11) is 0. The molecule has 4 rings (SSSR count). The van der Waals surface area contributed by atoms with Gasteiger partial charge in [-0.1, -0.05) is 11.1 Å². The minimum atomic E-state index is -0.559. The Hall–Kier alpha value is -3.00. The lowest BCUT2D eigenvalue weighted by Gasteiger charge is -2.14. The Kier molecular flexibility index (Phi) is 4.72. The molecule has 0 bridgehead atoms. The first kappa shape index (κ1) is 18.4. The van der Waals surface area contributed by atoms with Crippen LogP contribution in [0, 0.1) is 6.92 Å². The van der Waals surface area contributed by atoms with Crippen LogP contribution in [0.3, 0.4) is 0 Å². The van der Waals surface area contributed by atoms with Crippen molar-refractivity contribution in [3.8, 4) is 0 Å². The SMILES string of the molecule is CCOC(=O)c1cc2c(=O)n3cccc(C)c3nc2[n+](C[C@H]2CCCO2)c1N. The molecule has 0 aliphatic carbocycles. The molecule has 0 aromatic carbocycles. The van der Waals surface area contributed by atoms with Crippen LogP contribution in [0.4, 0.5) is 5.82 Å². The minimum absolute atomic E-state index is 0.0370. The molecule has 1 atom stereocenters. The van der Waals surface area contributed by atoms with Crippen molar-refractivity contribution in [1.29, 1.82) is 0 Å². The molecule has 2 N–H and O–H groups in total. The van der Waals surface area contributed by atoms with Gasteiger partial charge in [-0.15, -0.1) is 0 Å². The van der Waals surface area contributed by atoms with E-state index >= 15 is 0 Å². The van der Waals surface area contributed by atoms with E-state index in [-0.39, 0.29) is 29.7 Å². The van der Waals surface area contributed by atoms with Gasteiger partial charge in [0.2, 0.25) is 11.5 Å². The number of esters is 1. The Labute approximate surface area is 161 Å². The maximum atomic E-state index is 13.2. The largest absolute Gasteiger partial charge is 0.462 e. The fourth-order valence-electron chi connectivity index (χ4n) is 3.66. The lowest BCUT2D eigenvalue weighted by atomic mass is 10.1. The molecule has 8 heteroatoms. The molecule has 3 aromatic heterocycles. The predicted octanol–water partition coefficient (Wildman–Crippen LogP) is 1.38. The number of carbonyl (C=O) groups excluding carboxylic acids is 1. The van der Waals surface area contributed by atoms with E-state index in [0.717, 1.165) is 18.4 Å². The molecule has 1 aliphatic rings. The maximum absolute atomic E-state index is 13.2. The van der Waals surface area contributed by atoms with Gasteiger partial charge in [-0.2, -0.15) is 0 Å². The molecule has 1 aliphatic heterocycles. The smallest absolute Gasteiger partial charge is 0.344 e. The number of aromatic nitrogens is 3. The van der Waals surface area contributed by atoms with Gasteiger partial charge in [-0.3, -0.25) is 9.20 Å². The highest BCUT2D eigenvalue weighted by molar-refractivity contribution is 5.96. The summed E-state index contributed by atoms with van der Waals surface area (Å²) >= 11 is 0. The van der Waals surface area contributed by atoms with Crippen molar-refractivity contribution in [3.63, 3.8) is 0 Å². The van der Waals surface area contributed by atoms with Gasteiger partial charge in [0.25, 0.3) is 11.2 Å². The summed E-state index contributed by atoms with van der Waals surface area (Å²) in [5, 5.41) is 0.318. The Balaban J connectivity index is 2.04. The Morgan fingerprint density at radius 2 is 2.32 bits per heavy atom. The Morgan fingerprint density at radius 3 is 3.04 bits per heavy atom. The summed E-state index contributed by atoms with van der Waals surface area (Å²) in [4.78, 5) is 30.3. The van der Waals surface area contributed by atoms with E-state index in [4.69, 9.17) is 20.2 Å². The van der Waals surface area contributed by atoms with E-state index in [1.54, 1.807) is 23.8 Å². The lowest BCUT2D eigenvalue weighted by Crippen LogP contribution is -2.46. The molecule has 146 valence electrons. The number of ether oxygens (including phenoxy) is 2. The average molecular weight is 383 g/mol. The number of nitrogens with two attached hydrogens (primary N) is 1. The topological polar surface area (TPSA) is 99.8 Å². The summed E-state index contributed by atoms with van der Waals surface area (Å²) in [5.41, 5.74) is 8.14. The molecule has 0 amide bonds. The number of pyridine rings is 2. The van der Waals surface area contributed by atoms with Crippen LogP contribution in [-0.2, 0) is 16.0 Å². The van der Waals surface area contributed by atoms with Crippen molar-refractivity contribution in [3.05, 3.63) is 45.9 Å². The molecule has 0 saturated carbocycles. The number of aryl methyl sites for hydroxylation is 1. The summed E-state index contributed by atoms with van der Waals surface area (Å²) in [5.74, 6) is -0.331. The fraction of sp³-hybridized carbons (Fsp3) is 0.400.